The van der Waals surface area contributed by atoms with E-state index in [0.717, 1.165) is 57.1 Å². The minimum atomic E-state index is -0.491. The summed E-state index contributed by atoms with van der Waals surface area (Å²) in [7, 11) is 0. The number of aromatic nitrogens is 2. The van der Waals surface area contributed by atoms with Crippen LogP contribution in [0, 0.1) is 11.6 Å². The second-order valence-corrected chi connectivity index (χ2v) is 9.25. The highest BCUT2D eigenvalue weighted by atomic mass is 35.5. The minimum absolute atomic E-state index is 0.0782. The monoisotopic (exact) mass is 488 g/mol. The first-order valence-electron chi connectivity index (χ1n) is 11.5. The number of halogens is 3. The van der Waals surface area contributed by atoms with Crippen LogP contribution in [0.25, 0.3) is 0 Å². The van der Waals surface area contributed by atoms with E-state index in [9.17, 15) is 8.78 Å². The smallest absolute Gasteiger partial charge is 0.165 e. The van der Waals surface area contributed by atoms with Gasteiger partial charge in [-0.1, -0.05) is 17.7 Å². The van der Waals surface area contributed by atoms with E-state index in [1.807, 2.05) is 12.4 Å². The molecule has 2 fully saturated rings. The lowest BCUT2D eigenvalue weighted by molar-refractivity contribution is -0.0597. The van der Waals surface area contributed by atoms with Crippen molar-refractivity contribution in [1.29, 1.82) is 0 Å². The third-order valence-electron chi connectivity index (χ3n) is 6.33. The topological polar surface area (TPSA) is 51.5 Å². The van der Waals surface area contributed by atoms with E-state index < -0.39 is 11.6 Å². The first kappa shape index (κ1) is 23.1. The van der Waals surface area contributed by atoms with Crippen molar-refractivity contribution >= 4 is 17.3 Å². The van der Waals surface area contributed by atoms with Crippen molar-refractivity contribution < 1.29 is 18.3 Å². The van der Waals surface area contributed by atoms with Gasteiger partial charge in [0.05, 0.1) is 19.2 Å². The summed E-state index contributed by atoms with van der Waals surface area (Å²) in [5.74, 6) is 0.154. The zero-order valence-electron chi connectivity index (χ0n) is 18.7. The molecule has 2 atom stereocenters. The third-order valence-corrected chi connectivity index (χ3v) is 6.57. The molecule has 2 aromatic carbocycles. The van der Waals surface area contributed by atoms with Crippen molar-refractivity contribution in [2.75, 3.05) is 25.0 Å². The summed E-state index contributed by atoms with van der Waals surface area (Å²) in [5.41, 5.74) is 1.08. The largest absolute Gasteiger partial charge is 0.486 e. The SMILES string of the molecule is Fc1cc(Cl)ccc1COc1cc(N[C@@H]2CCN(Cc3nccn3C[C@@H]3CCO3)C2)ccc1F. The molecule has 2 aliphatic rings. The number of benzene rings is 2. The van der Waals surface area contributed by atoms with Gasteiger partial charge in [0.15, 0.2) is 11.6 Å². The maximum absolute atomic E-state index is 14.3. The summed E-state index contributed by atoms with van der Waals surface area (Å²) in [6, 6.07) is 9.24. The zero-order chi connectivity index (χ0) is 23.5. The highest BCUT2D eigenvalue weighted by Gasteiger charge is 2.25. The zero-order valence-corrected chi connectivity index (χ0v) is 19.5. The van der Waals surface area contributed by atoms with Crippen molar-refractivity contribution in [2.45, 2.75) is 44.7 Å². The van der Waals surface area contributed by atoms with Crippen LogP contribution in [-0.2, 0) is 24.4 Å². The Morgan fingerprint density at radius 1 is 1.15 bits per heavy atom. The quantitative estimate of drug-likeness (QED) is 0.466. The van der Waals surface area contributed by atoms with E-state index in [1.54, 1.807) is 18.2 Å². The van der Waals surface area contributed by atoms with Gasteiger partial charge in [-0.2, -0.15) is 0 Å². The lowest BCUT2D eigenvalue weighted by Crippen LogP contribution is -2.32. The van der Waals surface area contributed by atoms with Crippen LogP contribution < -0.4 is 10.1 Å². The molecule has 180 valence electrons. The fourth-order valence-electron chi connectivity index (χ4n) is 4.33. The van der Waals surface area contributed by atoms with E-state index in [4.69, 9.17) is 21.1 Å². The van der Waals surface area contributed by atoms with Gasteiger partial charge in [-0.05, 0) is 37.1 Å². The van der Waals surface area contributed by atoms with Gasteiger partial charge in [-0.3, -0.25) is 4.90 Å². The number of imidazole rings is 1. The standard InChI is InChI=1S/C25H27ClF2N4O2/c26-18-2-1-17(23(28)11-18)16-34-24-12-19(3-4-22(24)27)30-20-5-8-31(13-20)15-25-29-7-9-32(25)14-21-6-10-33-21/h1-4,7,9,11-12,20-21,30H,5-6,8,10,13-16H2/t20-,21+/m1/s1. The Labute approximate surface area is 202 Å². The van der Waals surface area contributed by atoms with Crippen molar-refractivity contribution in [3.8, 4) is 5.75 Å². The molecule has 0 bridgehead atoms. The molecule has 0 radical (unpaired) electrons. The molecule has 1 N–H and O–H groups in total. The average Bonchev–Trinajstić information content (AvgIpc) is 3.41. The molecule has 34 heavy (non-hydrogen) atoms. The molecular weight excluding hydrogens is 462 g/mol. The van der Waals surface area contributed by atoms with Crippen LogP contribution in [0.3, 0.4) is 0 Å². The van der Waals surface area contributed by atoms with E-state index >= 15 is 0 Å². The van der Waals surface area contributed by atoms with Gasteiger partial charge < -0.3 is 19.4 Å². The number of nitrogens with zero attached hydrogens (tertiary/aromatic N) is 3. The molecule has 0 spiro atoms. The summed E-state index contributed by atoms with van der Waals surface area (Å²) in [6.45, 7) is 4.20. The number of nitrogens with one attached hydrogen (secondary N) is 1. The van der Waals surface area contributed by atoms with Crippen LogP contribution in [0.2, 0.25) is 5.02 Å². The molecule has 5 rings (SSSR count). The molecular formula is C25H27ClF2N4O2. The molecule has 1 aromatic heterocycles. The second kappa shape index (κ2) is 10.3. The van der Waals surface area contributed by atoms with Crippen LogP contribution in [-0.4, -0.2) is 46.3 Å². The number of rotatable bonds is 9. The number of ether oxygens (including phenoxy) is 2. The summed E-state index contributed by atoms with van der Waals surface area (Å²) < 4.78 is 41.6. The van der Waals surface area contributed by atoms with Crippen molar-refractivity contribution in [3.63, 3.8) is 0 Å². The number of hydrogen-bond donors (Lipinski definition) is 1. The molecule has 3 heterocycles. The Hall–Kier alpha value is -2.68. The predicted molar refractivity (Wildman–Crippen MR) is 126 cm³/mol. The van der Waals surface area contributed by atoms with Gasteiger partial charge >= 0.3 is 0 Å². The highest BCUT2D eigenvalue weighted by Crippen LogP contribution is 2.26. The molecule has 9 heteroatoms. The summed E-state index contributed by atoms with van der Waals surface area (Å²) in [6.07, 6.45) is 6.22. The normalized spacial score (nSPS) is 20.3. The van der Waals surface area contributed by atoms with E-state index in [2.05, 4.69) is 19.8 Å². The van der Waals surface area contributed by atoms with Crippen molar-refractivity contribution in [2.24, 2.45) is 0 Å². The van der Waals surface area contributed by atoms with E-state index in [-0.39, 0.29) is 18.4 Å². The highest BCUT2D eigenvalue weighted by molar-refractivity contribution is 6.30. The second-order valence-electron chi connectivity index (χ2n) is 8.81. The van der Waals surface area contributed by atoms with E-state index in [1.165, 1.54) is 18.2 Å². The molecule has 2 aliphatic heterocycles. The minimum Gasteiger partial charge on any atom is -0.486 e. The maximum Gasteiger partial charge on any atom is 0.165 e. The van der Waals surface area contributed by atoms with E-state index in [0.29, 0.717) is 16.7 Å². The average molecular weight is 489 g/mol. The molecule has 0 amide bonds. The Balaban J connectivity index is 1.16. The molecule has 3 aromatic rings. The molecule has 0 unspecified atom stereocenters. The molecule has 0 aliphatic carbocycles. The van der Waals surface area contributed by atoms with Crippen molar-refractivity contribution in [1.82, 2.24) is 14.5 Å². The fourth-order valence-corrected chi connectivity index (χ4v) is 4.49. The van der Waals surface area contributed by atoms with Gasteiger partial charge in [0.1, 0.15) is 18.2 Å². The Bertz CT molecular complexity index is 1140. The Morgan fingerprint density at radius 3 is 2.82 bits per heavy atom. The van der Waals surface area contributed by atoms with Gasteiger partial charge in [-0.25, -0.2) is 13.8 Å². The Kier molecular flexibility index (Phi) is 6.99. The summed E-state index contributed by atoms with van der Waals surface area (Å²) in [5, 5.41) is 3.78. The third kappa shape index (κ3) is 5.51. The van der Waals surface area contributed by atoms with Gasteiger partial charge in [0, 0.05) is 60.5 Å². The lowest BCUT2D eigenvalue weighted by atomic mass is 10.2. The van der Waals surface area contributed by atoms with Crippen molar-refractivity contribution in [3.05, 3.63) is 76.8 Å². The van der Waals surface area contributed by atoms with Crippen LogP contribution in [0.4, 0.5) is 14.5 Å². The molecule has 0 saturated carbocycles. The first-order valence-corrected chi connectivity index (χ1v) is 11.9. The summed E-state index contributed by atoms with van der Waals surface area (Å²) in [4.78, 5) is 6.89. The van der Waals surface area contributed by atoms with Gasteiger partial charge in [-0.15, -0.1) is 0 Å². The lowest BCUT2D eigenvalue weighted by Gasteiger charge is -2.27. The maximum atomic E-state index is 14.3. The summed E-state index contributed by atoms with van der Waals surface area (Å²) >= 11 is 5.78. The Morgan fingerprint density at radius 2 is 2.03 bits per heavy atom. The molecule has 6 nitrogen and oxygen atoms in total. The van der Waals surface area contributed by atoms with Crippen LogP contribution in [0.15, 0.2) is 48.8 Å². The number of hydrogen-bond acceptors (Lipinski definition) is 5. The van der Waals surface area contributed by atoms with Gasteiger partial charge in [0.25, 0.3) is 0 Å². The predicted octanol–water partition coefficient (Wildman–Crippen LogP) is 4.87. The van der Waals surface area contributed by atoms with Crippen LogP contribution >= 0.6 is 11.6 Å². The van der Waals surface area contributed by atoms with Gasteiger partial charge in [0.2, 0.25) is 0 Å². The number of likely N-dealkylation sites (tertiary alicyclic amines) is 1. The molecule has 2 saturated heterocycles. The number of anilines is 1. The van der Waals surface area contributed by atoms with Crippen LogP contribution in [0.1, 0.15) is 24.2 Å². The van der Waals surface area contributed by atoms with Crippen LogP contribution in [0.5, 0.6) is 5.75 Å². The fraction of sp³-hybridized carbons (Fsp3) is 0.400. The first-order chi connectivity index (χ1) is 16.5.